The lowest BCUT2D eigenvalue weighted by molar-refractivity contribution is 1.92. The number of hydrogen-bond donors (Lipinski definition) is 0. The molecule has 0 aliphatic rings. The van der Waals surface area contributed by atoms with Crippen LogP contribution in [-0.4, -0.2) is 0 Å². The maximum absolute atomic E-state index is 4.95. The summed E-state index contributed by atoms with van der Waals surface area (Å²) in [6, 6.07) is 0. The molecule has 0 rings (SSSR count). The van der Waals surface area contributed by atoms with Crippen LogP contribution in [0.4, 0.5) is 0 Å². The average molecular weight is 953 g/mol. The fourth-order valence-electron chi connectivity index (χ4n) is 2.38. The molecule has 320 valence electrons. The largest absolute Gasteiger partial charge is 0.106 e. The first-order chi connectivity index (χ1) is 39.4. The van der Waals surface area contributed by atoms with E-state index in [0.29, 0.717) is 0 Å². The highest BCUT2D eigenvalue weighted by molar-refractivity contribution is 5.54. The Morgan fingerprint density at radius 3 is 0.228 bits per heavy atom. The second kappa shape index (κ2) is 60.8. The van der Waals surface area contributed by atoms with Crippen LogP contribution < -0.4 is 0 Å². The van der Waals surface area contributed by atoms with E-state index in [9.17, 15) is 0 Å². The van der Waals surface area contributed by atoms with Gasteiger partial charge < -0.3 is 0 Å². The summed E-state index contributed by atoms with van der Waals surface area (Å²) < 4.78 is 0. The normalized spacial score (nSPS) is 3.95. The van der Waals surface area contributed by atoms with E-state index < -0.39 is 0 Å². The Morgan fingerprint density at radius 1 is 0.101 bits per heavy atom. The molecule has 0 nitrogen and oxygen atoms in total. The van der Waals surface area contributed by atoms with E-state index in [1.165, 1.54) is 0 Å². The van der Waals surface area contributed by atoms with E-state index in [0.717, 1.165) is 0 Å². The first-order valence-corrected chi connectivity index (χ1v) is 19.8. The third-order valence-electron chi connectivity index (χ3n) is 4.82. The van der Waals surface area contributed by atoms with E-state index in [-0.39, 0.29) is 0 Å². The van der Waals surface area contributed by atoms with Crippen LogP contribution in [0.5, 0.6) is 0 Å². The van der Waals surface area contributed by atoms with Crippen molar-refractivity contribution in [2.75, 3.05) is 0 Å². The van der Waals surface area contributed by atoms with Gasteiger partial charge >= 0.3 is 0 Å². The van der Waals surface area contributed by atoms with Crippen molar-refractivity contribution in [3.8, 4) is 462 Å². The number of hydrogen-bond acceptors (Lipinski definition) is 0. The monoisotopic (exact) mass is 952 g/mol. The molecule has 0 unspecified atom stereocenters. The van der Waals surface area contributed by atoms with Gasteiger partial charge in [0.25, 0.3) is 0 Å². The lowest BCUT2D eigenvalue weighted by Crippen LogP contribution is -1.57. The zero-order valence-electron chi connectivity index (χ0n) is 40.1. The van der Waals surface area contributed by atoms with E-state index in [2.05, 4.69) is 456 Å². The van der Waals surface area contributed by atoms with Crippen LogP contribution in [0.1, 0.15) is 6.92 Å². The minimum absolute atomic E-state index is 1.68. The molecule has 0 bridgehead atoms. The predicted molar refractivity (Wildman–Crippen MR) is 310 cm³/mol. The Morgan fingerprint density at radius 2 is 0.165 bits per heavy atom. The van der Waals surface area contributed by atoms with Gasteiger partial charge in [-0.2, -0.15) is 0 Å². The van der Waals surface area contributed by atoms with Gasteiger partial charge in [0.2, 0.25) is 0 Å². The highest BCUT2D eigenvalue weighted by atomic mass is 13.7. The first-order valence-electron chi connectivity index (χ1n) is 19.8. The summed E-state index contributed by atoms with van der Waals surface area (Å²) in [4.78, 5) is 0. The van der Waals surface area contributed by atoms with Crippen molar-refractivity contribution in [3.05, 3.63) is 0 Å². The second-order valence-corrected chi connectivity index (χ2v) is 9.77. The maximum atomic E-state index is 4.95. The Bertz CT molecular complexity index is 5320. The summed E-state index contributed by atoms with van der Waals surface area (Å²) in [5.74, 6) is 192. The summed E-state index contributed by atoms with van der Waals surface area (Å²) in [6.45, 7) is 1.68. The molecule has 0 saturated heterocycles. The Kier molecular flexibility index (Phi) is 47.6. The molecule has 0 aromatic heterocycles. The lowest BCUT2D eigenvalue weighted by Gasteiger charge is -1.58. The van der Waals surface area contributed by atoms with Gasteiger partial charge in [-0.1, -0.05) is 5.92 Å². The fourth-order valence-corrected chi connectivity index (χ4v) is 2.38. The van der Waals surface area contributed by atoms with Crippen LogP contribution in [0.25, 0.3) is 0 Å². The molecule has 0 amide bonds. The molecule has 0 N–H and O–H groups in total. The molecule has 0 aromatic carbocycles. The van der Waals surface area contributed by atoms with Crippen molar-refractivity contribution < 1.29 is 0 Å². The molecular formula is C79H4. The molecule has 79 heavy (non-hydrogen) atoms. The van der Waals surface area contributed by atoms with E-state index >= 15 is 0 Å². The van der Waals surface area contributed by atoms with Gasteiger partial charge in [-0.15, -0.1) is 6.42 Å². The van der Waals surface area contributed by atoms with Crippen molar-refractivity contribution in [1.29, 1.82) is 0 Å². The summed E-state index contributed by atoms with van der Waals surface area (Å²) in [5, 5.41) is 0. The Hall–Kier alpha value is -17.2. The highest BCUT2D eigenvalue weighted by Crippen LogP contribution is 1.65. The van der Waals surface area contributed by atoms with E-state index in [1.807, 2.05) is 0 Å². The van der Waals surface area contributed by atoms with Crippen LogP contribution >= 0.6 is 0 Å². The molecule has 0 radical (unpaired) electrons. The second-order valence-electron chi connectivity index (χ2n) is 9.77. The molecule has 0 aliphatic heterocycles. The summed E-state index contributed by atoms with van der Waals surface area (Å²) in [6.07, 6.45) is 4.95. The lowest BCUT2D eigenvalue weighted by atomic mass is 10.4. The quantitative estimate of drug-likeness (QED) is 0.316. The van der Waals surface area contributed by atoms with Crippen molar-refractivity contribution in [3.63, 3.8) is 0 Å². The first kappa shape index (κ1) is 61.8. The van der Waals surface area contributed by atoms with Crippen LogP contribution in [0.15, 0.2) is 0 Å². The summed E-state index contributed by atoms with van der Waals surface area (Å²) >= 11 is 0. The third kappa shape index (κ3) is 60.8. The minimum Gasteiger partial charge on any atom is -0.106 e. The van der Waals surface area contributed by atoms with Gasteiger partial charge in [-0.05, 0) is 102 Å². The van der Waals surface area contributed by atoms with Crippen LogP contribution in [-0.2, 0) is 0 Å². The number of terminal acetylenes is 1. The third-order valence-corrected chi connectivity index (χ3v) is 4.82. The maximum Gasteiger partial charge on any atom is 0 e. The van der Waals surface area contributed by atoms with Crippen molar-refractivity contribution in [2.45, 2.75) is 6.92 Å². The van der Waals surface area contributed by atoms with E-state index in [1.54, 1.807) is 6.92 Å². The molecule has 0 aliphatic carbocycles. The molecule has 0 spiro atoms. The fraction of sp³-hybridized carbons (Fsp3) is 0.0127. The van der Waals surface area contributed by atoms with Gasteiger partial charge in [0.1, 0.15) is 0 Å². The minimum atomic E-state index is 1.68. The topological polar surface area (TPSA) is 0 Å². The van der Waals surface area contributed by atoms with Crippen LogP contribution in [0.2, 0.25) is 0 Å². The van der Waals surface area contributed by atoms with Crippen molar-refractivity contribution >= 4 is 0 Å². The molecule has 0 fully saturated rings. The predicted octanol–water partition coefficient (Wildman–Crippen LogP) is 0.769. The standard InChI is InChI=1S/C79H4/c1-3-5-7-9-11-13-15-17-19-21-23-25-27-29-31-33-35-37-39-41-43-45-47-49-51-53-55-57-59-61-63-65-67-69-71-73-75-77-79-78-76-74-72-70-68-66-64-62-60-58-56-54-52-50-48-46-44-42-40-38-36-34-32-30-28-26-24-22-20-18-16-14-12-10-8-6-4-2/h1H,2H3. The SMILES string of the molecule is C#CC#CC#CC#CC#CC#CC#CC#CC#CC#CC#CC#CC#CC#CC#CC#CC#CC#CC#CC#CC#CC#CC#CC#CC#CC#CC#CC#CC#CC#CC#CC#CC#CC#CC#CC#CC#CC#CC#CC. The molecule has 0 heteroatoms. The molecule has 0 aromatic rings. The van der Waals surface area contributed by atoms with E-state index in [4.69, 9.17) is 6.42 Å². The Labute approximate surface area is 466 Å². The van der Waals surface area contributed by atoms with Crippen LogP contribution in [0, 0.1) is 462 Å². The molecular weight excluding hydrogens is 949 g/mol. The van der Waals surface area contributed by atoms with Crippen LogP contribution in [0.3, 0.4) is 0 Å². The highest BCUT2D eigenvalue weighted by Gasteiger charge is 1.65. The molecule has 0 atom stereocenters. The van der Waals surface area contributed by atoms with Gasteiger partial charge in [0.15, 0.2) is 0 Å². The zero-order valence-corrected chi connectivity index (χ0v) is 40.1. The van der Waals surface area contributed by atoms with Gasteiger partial charge in [-0.3, -0.25) is 0 Å². The molecule has 0 heterocycles. The van der Waals surface area contributed by atoms with Gasteiger partial charge in [0.05, 0.1) is 0 Å². The summed E-state index contributed by atoms with van der Waals surface area (Å²) in [5.41, 5.74) is 0. The van der Waals surface area contributed by atoms with Gasteiger partial charge in [0, 0.05) is 355 Å². The zero-order chi connectivity index (χ0) is 56.4. The van der Waals surface area contributed by atoms with Crippen molar-refractivity contribution in [1.82, 2.24) is 0 Å². The average Bonchev–Trinajstić information content (AvgIpc) is 3.46. The molecule has 0 saturated carbocycles. The summed E-state index contributed by atoms with van der Waals surface area (Å²) in [7, 11) is 0. The Balaban J connectivity index is 4.62. The van der Waals surface area contributed by atoms with Gasteiger partial charge in [-0.25, -0.2) is 0 Å². The number of rotatable bonds is 0. The smallest absolute Gasteiger partial charge is 0 e. The van der Waals surface area contributed by atoms with Crippen molar-refractivity contribution in [2.24, 2.45) is 0 Å².